The molecule has 0 saturated carbocycles. The average molecular weight is 414 g/mol. The quantitative estimate of drug-likeness (QED) is 0.667. The number of nitrogens with one attached hydrogen (secondary N) is 1. The molecule has 5 nitrogen and oxygen atoms in total. The number of sulfone groups is 1. The number of anilines is 1. The number of thiophene rings is 1. The molecule has 0 fully saturated rings. The van der Waals surface area contributed by atoms with Gasteiger partial charge in [0, 0.05) is 11.4 Å². The van der Waals surface area contributed by atoms with E-state index in [1.54, 1.807) is 5.38 Å². The Bertz CT molecular complexity index is 1030. The summed E-state index contributed by atoms with van der Waals surface area (Å²) < 4.78 is 50.7. The maximum atomic E-state index is 13.5. The molecule has 0 radical (unpaired) electrons. The molecule has 0 aliphatic carbocycles. The van der Waals surface area contributed by atoms with E-state index in [2.05, 4.69) is 10.3 Å². The average Bonchev–Trinajstić information content (AvgIpc) is 3.20. The molecular weight excluding hydrogens is 402 g/mol. The van der Waals surface area contributed by atoms with E-state index < -0.39 is 38.9 Å². The van der Waals surface area contributed by atoms with E-state index in [0.717, 1.165) is 17.0 Å². The van der Waals surface area contributed by atoms with E-state index in [0.29, 0.717) is 16.8 Å². The van der Waals surface area contributed by atoms with Gasteiger partial charge in [-0.15, -0.1) is 22.7 Å². The van der Waals surface area contributed by atoms with Crippen LogP contribution in [-0.4, -0.2) is 25.1 Å². The molecule has 1 amide bonds. The van der Waals surface area contributed by atoms with Crippen LogP contribution in [0.4, 0.5) is 14.5 Å². The highest BCUT2D eigenvalue weighted by Gasteiger charge is 2.20. The van der Waals surface area contributed by atoms with Crippen LogP contribution in [0.25, 0.3) is 9.88 Å². The van der Waals surface area contributed by atoms with Crippen molar-refractivity contribution in [2.45, 2.75) is 5.75 Å². The second-order valence-corrected chi connectivity index (χ2v) is 9.20. The molecule has 0 aliphatic heterocycles. The summed E-state index contributed by atoms with van der Waals surface area (Å²) in [6, 6.07) is 6.35. The van der Waals surface area contributed by atoms with Crippen LogP contribution in [0.2, 0.25) is 0 Å². The third kappa shape index (κ3) is 4.71. The molecule has 136 valence electrons. The summed E-state index contributed by atoms with van der Waals surface area (Å²) in [5.74, 6) is -3.89. The van der Waals surface area contributed by atoms with Gasteiger partial charge in [-0.3, -0.25) is 4.79 Å². The van der Waals surface area contributed by atoms with Gasteiger partial charge < -0.3 is 5.32 Å². The summed E-state index contributed by atoms with van der Waals surface area (Å²) in [4.78, 5) is 17.1. The van der Waals surface area contributed by atoms with E-state index in [1.165, 1.54) is 22.7 Å². The minimum Gasteiger partial charge on any atom is -0.323 e. The zero-order valence-electron chi connectivity index (χ0n) is 13.1. The Morgan fingerprint density at radius 3 is 2.69 bits per heavy atom. The molecule has 2 aromatic heterocycles. The number of halogens is 2. The van der Waals surface area contributed by atoms with Gasteiger partial charge in [-0.2, -0.15) is 0 Å². The smallest absolute Gasteiger partial charge is 0.239 e. The van der Waals surface area contributed by atoms with Gasteiger partial charge in [0.25, 0.3) is 0 Å². The Morgan fingerprint density at radius 2 is 2.00 bits per heavy atom. The summed E-state index contributed by atoms with van der Waals surface area (Å²) in [5.41, 5.74) is 0.0689. The van der Waals surface area contributed by atoms with E-state index >= 15 is 0 Å². The van der Waals surface area contributed by atoms with Crippen molar-refractivity contribution in [1.82, 2.24) is 4.98 Å². The van der Waals surface area contributed by atoms with Crippen LogP contribution in [0.5, 0.6) is 0 Å². The van der Waals surface area contributed by atoms with Crippen LogP contribution in [-0.2, 0) is 20.4 Å². The van der Waals surface area contributed by atoms with Gasteiger partial charge in [0.2, 0.25) is 5.91 Å². The molecule has 3 aromatic rings. The first-order chi connectivity index (χ1) is 12.3. The van der Waals surface area contributed by atoms with Crippen molar-refractivity contribution in [3.63, 3.8) is 0 Å². The van der Waals surface area contributed by atoms with Gasteiger partial charge in [-0.05, 0) is 23.6 Å². The van der Waals surface area contributed by atoms with Gasteiger partial charge in [0.15, 0.2) is 9.84 Å². The van der Waals surface area contributed by atoms with Crippen molar-refractivity contribution in [1.29, 1.82) is 0 Å². The number of nitrogens with zero attached hydrogens (tertiary/aromatic N) is 1. The summed E-state index contributed by atoms with van der Waals surface area (Å²) >= 11 is 2.82. The number of hydrogen-bond acceptors (Lipinski definition) is 6. The zero-order valence-corrected chi connectivity index (χ0v) is 15.6. The Hall–Kier alpha value is -2.17. The van der Waals surface area contributed by atoms with Crippen LogP contribution in [0.15, 0.2) is 41.1 Å². The number of benzene rings is 1. The minimum absolute atomic E-state index is 0.278. The van der Waals surface area contributed by atoms with E-state index in [1.807, 2.05) is 17.5 Å². The molecule has 0 spiro atoms. The van der Waals surface area contributed by atoms with Gasteiger partial charge in [0.1, 0.15) is 22.4 Å². The number of amides is 1. The van der Waals surface area contributed by atoms with Crippen molar-refractivity contribution >= 4 is 44.1 Å². The second-order valence-electron chi connectivity index (χ2n) is 5.33. The molecule has 10 heteroatoms. The van der Waals surface area contributed by atoms with Gasteiger partial charge in [-0.1, -0.05) is 6.07 Å². The lowest BCUT2D eigenvalue weighted by Crippen LogP contribution is -2.24. The fourth-order valence-corrected chi connectivity index (χ4v) is 5.05. The maximum absolute atomic E-state index is 13.5. The predicted molar refractivity (Wildman–Crippen MR) is 97.9 cm³/mol. The van der Waals surface area contributed by atoms with Crippen molar-refractivity contribution in [3.8, 4) is 9.88 Å². The number of aromatic nitrogens is 1. The number of carbonyl (C=O) groups excluding carboxylic acids is 1. The normalized spacial score (nSPS) is 11.5. The Balaban J connectivity index is 1.64. The minimum atomic E-state index is -3.79. The molecule has 0 bridgehead atoms. The topological polar surface area (TPSA) is 76.1 Å². The first-order valence-corrected chi connectivity index (χ1v) is 10.8. The number of carbonyl (C=O) groups is 1. The van der Waals surface area contributed by atoms with Crippen molar-refractivity contribution in [3.05, 3.63) is 58.4 Å². The number of thiazole rings is 1. The SMILES string of the molecule is O=C(CS(=O)(=O)Cc1csc(-c2cccs2)n1)Nc1ccc(F)cc1F. The van der Waals surface area contributed by atoms with Crippen LogP contribution < -0.4 is 5.32 Å². The lowest BCUT2D eigenvalue weighted by Gasteiger charge is -2.07. The molecule has 3 rings (SSSR count). The van der Waals surface area contributed by atoms with Gasteiger partial charge >= 0.3 is 0 Å². The standard InChI is InChI=1S/C16H12F2N2O3S3/c17-10-3-4-13(12(18)6-10)20-15(21)9-26(22,23)8-11-7-25-16(19-11)14-2-1-5-24-14/h1-7H,8-9H2,(H,20,21). The van der Waals surface area contributed by atoms with E-state index in [9.17, 15) is 22.0 Å². The zero-order chi connectivity index (χ0) is 18.7. The number of rotatable bonds is 6. The third-order valence-corrected chi connectivity index (χ3v) is 6.58. The summed E-state index contributed by atoms with van der Waals surface area (Å²) in [7, 11) is -3.79. The van der Waals surface area contributed by atoms with Crippen LogP contribution in [0, 0.1) is 11.6 Å². The van der Waals surface area contributed by atoms with E-state index in [4.69, 9.17) is 0 Å². The van der Waals surface area contributed by atoms with Gasteiger partial charge in [-0.25, -0.2) is 22.2 Å². The fraction of sp³-hybridized carbons (Fsp3) is 0.125. The molecular formula is C16H12F2N2O3S3. The molecule has 1 aromatic carbocycles. The van der Waals surface area contributed by atoms with E-state index in [-0.39, 0.29) is 5.69 Å². The summed E-state index contributed by atoms with van der Waals surface area (Å²) in [6.45, 7) is 0. The van der Waals surface area contributed by atoms with Crippen LogP contribution >= 0.6 is 22.7 Å². The van der Waals surface area contributed by atoms with Crippen molar-refractivity contribution < 1.29 is 22.0 Å². The molecule has 2 heterocycles. The molecule has 0 aliphatic rings. The Kier molecular flexibility index (Phi) is 5.44. The highest BCUT2D eigenvalue weighted by atomic mass is 32.2. The molecule has 0 saturated heterocycles. The number of hydrogen-bond donors (Lipinski definition) is 1. The van der Waals surface area contributed by atoms with Crippen LogP contribution in [0.3, 0.4) is 0 Å². The fourth-order valence-electron chi connectivity index (χ4n) is 2.14. The third-order valence-electron chi connectivity index (χ3n) is 3.21. The van der Waals surface area contributed by atoms with Crippen molar-refractivity contribution in [2.75, 3.05) is 11.1 Å². The highest BCUT2D eigenvalue weighted by Crippen LogP contribution is 2.28. The first kappa shape index (κ1) is 18.6. The van der Waals surface area contributed by atoms with Crippen molar-refractivity contribution in [2.24, 2.45) is 0 Å². The summed E-state index contributed by atoms with van der Waals surface area (Å²) in [6.07, 6.45) is 0. The maximum Gasteiger partial charge on any atom is 0.239 e. The monoisotopic (exact) mass is 414 g/mol. The largest absolute Gasteiger partial charge is 0.323 e. The molecule has 26 heavy (non-hydrogen) atoms. The van der Waals surface area contributed by atoms with Crippen LogP contribution in [0.1, 0.15) is 5.69 Å². The second kappa shape index (κ2) is 7.60. The lowest BCUT2D eigenvalue weighted by molar-refractivity contribution is -0.113. The first-order valence-electron chi connectivity index (χ1n) is 7.26. The Morgan fingerprint density at radius 1 is 1.19 bits per heavy atom. The highest BCUT2D eigenvalue weighted by molar-refractivity contribution is 7.91. The molecule has 1 N–H and O–H groups in total. The predicted octanol–water partition coefficient (Wildman–Crippen LogP) is 3.70. The lowest BCUT2D eigenvalue weighted by atomic mass is 10.3. The Labute approximate surface area is 156 Å². The van der Waals surface area contributed by atoms with Gasteiger partial charge in [0.05, 0.1) is 22.0 Å². The molecule has 0 unspecified atom stereocenters. The molecule has 0 atom stereocenters. The summed E-state index contributed by atoms with van der Waals surface area (Å²) in [5, 5.41) is 6.37.